The van der Waals surface area contributed by atoms with Gasteiger partial charge in [-0.1, -0.05) is 6.07 Å². The lowest BCUT2D eigenvalue weighted by molar-refractivity contribution is -0.118. The quantitative estimate of drug-likeness (QED) is 0.784. The maximum absolute atomic E-state index is 12.7. The van der Waals surface area contributed by atoms with Gasteiger partial charge in [-0.05, 0) is 96.2 Å². The Morgan fingerprint density at radius 1 is 1.07 bits per heavy atom. The Hall–Kier alpha value is -1.70. The summed E-state index contributed by atoms with van der Waals surface area (Å²) < 4.78 is 27.6. The lowest BCUT2D eigenvalue weighted by Crippen LogP contribution is -2.32. The number of thiophene rings is 1. The highest BCUT2D eigenvalue weighted by molar-refractivity contribution is 7.92. The molecule has 0 aliphatic heterocycles. The lowest BCUT2D eigenvalue weighted by Gasteiger charge is -2.15. The SMILES string of the molecule is O=C(Cc1c2c(cc3c1CCC3)CCC2)NS(=O)(=O)c1cc(C2(O)CC2)cs1. The number of amides is 1. The summed E-state index contributed by atoms with van der Waals surface area (Å²) in [5.41, 5.74) is 6.03. The van der Waals surface area contributed by atoms with E-state index >= 15 is 0 Å². The standard InChI is InChI=1S/C21H23NO4S2/c23-19(22-28(25,26)20-10-15(12-27-20)21(24)7-8-21)11-18-16-5-1-3-13(16)9-14-4-2-6-17(14)18/h9-10,12,24H,1-8,11H2,(H,22,23). The average Bonchev–Trinajstić information content (AvgIpc) is 3.13. The minimum Gasteiger partial charge on any atom is -0.385 e. The molecule has 3 aliphatic carbocycles. The Kier molecular flexibility index (Phi) is 4.19. The van der Waals surface area contributed by atoms with Crippen LogP contribution in [-0.4, -0.2) is 19.4 Å². The number of aryl methyl sites for hydroxylation is 2. The number of hydrogen-bond acceptors (Lipinski definition) is 5. The predicted molar refractivity (Wildman–Crippen MR) is 107 cm³/mol. The van der Waals surface area contributed by atoms with Crippen molar-refractivity contribution in [2.45, 2.75) is 67.6 Å². The summed E-state index contributed by atoms with van der Waals surface area (Å²) in [6.07, 6.45) is 7.69. The first-order valence-electron chi connectivity index (χ1n) is 9.88. The van der Waals surface area contributed by atoms with Gasteiger partial charge in [0.25, 0.3) is 10.0 Å². The summed E-state index contributed by atoms with van der Waals surface area (Å²) in [6.45, 7) is 0. The molecule has 1 saturated carbocycles. The Morgan fingerprint density at radius 2 is 1.71 bits per heavy atom. The van der Waals surface area contributed by atoms with Gasteiger partial charge in [0.15, 0.2) is 0 Å². The van der Waals surface area contributed by atoms with Crippen LogP contribution in [0.25, 0.3) is 0 Å². The zero-order valence-corrected chi connectivity index (χ0v) is 17.2. The molecule has 1 aromatic heterocycles. The summed E-state index contributed by atoms with van der Waals surface area (Å²) in [7, 11) is -3.91. The summed E-state index contributed by atoms with van der Waals surface area (Å²) >= 11 is 1.05. The number of carbonyl (C=O) groups is 1. The van der Waals surface area contributed by atoms with E-state index in [1.54, 1.807) is 5.38 Å². The molecule has 0 saturated heterocycles. The maximum Gasteiger partial charge on any atom is 0.273 e. The zero-order chi connectivity index (χ0) is 19.5. The molecule has 2 N–H and O–H groups in total. The molecule has 5 nitrogen and oxygen atoms in total. The molecule has 5 rings (SSSR count). The molecule has 0 radical (unpaired) electrons. The molecule has 1 aromatic carbocycles. The average molecular weight is 418 g/mol. The molecular formula is C21H23NO4S2. The second-order valence-electron chi connectivity index (χ2n) is 8.23. The normalized spacial score (nSPS) is 19.3. The van der Waals surface area contributed by atoms with Crippen LogP contribution in [0.15, 0.2) is 21.7 Å². The van der Waals surface area contributed by atoms with Crippen LogP contribution in [0, 0.1) is 0 Å². The number of nitrogens with one attached hydrogen (secondary N) is 1. The second kappa shape index (κ2) is 6.40. The van der Waals surface area contributed by atoms with E-state index < -0.39 is 21.5 Å². The van der Waals surface area contributed by atoms with E-state index in [1.807, 2.05) is 0 Å². The number of benzene rings is 1. The number of aliphatic hydroxyl groups is 1. The van der Waals surface area contributed by atoms with Crippen molar-refractivity contribution in [2.75, 3.05) is 0 Å². The topological polar surface area (TPSA) is 83.5 Å². The third-order valence-corrected chi connectivity index (χ3v) is 9.10. The molecule has 3 aliphatic rings. The fourth-order valence-electron chi connectivity index (χ4n) is 4.65. The first-order chi connectivity index (χ1) is 13.4. The highest BCUT2D eigenvalue weighted by atomic mass is 32.2. The van der Waals surface area contributed by atoms with Gasteiger partial charge in [-0.2, -0.15) is 0 Å². The van der Waals surface area contributed by atoms with Crippen molar-refractivity contribution in [2.24, 2.45) is 0 Å². The molecule has 1 fully saturated rings. The van der Waals surface area contributed by atoms with Gasteiger partial charge in [0.05, 0.1) is 12.0 Å². The molecule has 0 atom stereocenters. The van der Waals surface area contributed by atoms with Crippen LogP contribution < -0.4 is 4.72 Å². The summed E-state index contributed by atoms with van der Waals surface area (Å²) in [4.78, 5) is 12.7. The van der Waals surface area contributed by atoms with E-state index in [4.69, 9.17) is 0 Å². The van der Waals surface area contributed by atoms with Crippen LogP contribution in [-0.2, 0) is 52.5 Å². The van der Waals surface area contributed by atoms with E-state index in [9.17, 15) is 18.3 Å². The molecule has 0 bridgehead atoms. The van der Waals surface area contributed by atoms with E-state index in [2.05, 4.69) is 10.8 Å². The van der Waals surface area contributed by atoms with Gasteiger partial charge in [0.1, 0.15) is 4.21 Å². The summed E-state index contributed by atoms with van der Waals surface area (Å²) in [6, 6.07) is 3.80. The van der Waals surface area contributed by atoms with Gasteiger partial charge in [-0.25, -0.2) is 13.1 Å². The number of carbonyl (C=O) groups excluding carboxylic acids is 1. The Bertz CT molecular complexity index is 1050. The van der Waals surface area contributed by atoms with Gasteiger partial charge in [-0.15, -0.1) is 11.3 Å². The number of sulfonamides is 1. The van der Waals surface area contributed by atoms with Crippen molar-refractivity contribution in [1.29, 1.82) is 0 Å². The molecular weight excluding hydrogens is 394 g/mol. The second-order valence-corrected chi connectivity index (χ2v) is 11.0. The first-order valence-corrected chi connectivity index (χ1v) is 12.2. The van der Waals surface area contributed by atoms with Crippen LogP contribution in [0.2, 0.25) is 0 Å². The van der Waals surface area contributed by atoms with Crippen LogP contribution >= 0.6 is 11.3 Å². The highest BCUT2D eigenvalue weighted by Crippen LogP contribution is 2.47. The van der Waals surface area contributed by atoms with Gasteiger partial charge in [-0.3, -0.25) is 4.79 Å². The van der Waals surface area contributed by atoms with Crippen molar-refractivity contribution in [1.82, 2.24) is 4.72 Å². The first kappa shape index (κ1) is 18.3. The van der Waals surface area contributed by atoms with Crippen molar-refractivity contribution in [3.63, 3.8) is 0 Å². The molecule has 148 valence electrons. The van der Waals surface area contributed by atoms with Gasteiger partial charge in [0.2, 0.25) is 5.91 Å². The molecule has 0 unspecified atom stereocenters. The van der Waals surface area contributed by atoms with E-state index in [1.165, 1.54) is 28.3 Å². The van der Waals surface area contributed by atoms with Gasteiger partial charge < -0.3 is 5.11 Å². The molecule has 1 amide bonds. The van der Waals surface area contributed by atoms with Crippen molar-refractivity contribution in [3.8, 4) is 0 Å². The van der Waals surface area contributed by atoms with Crippen LogP contribution in [0.3, 0.4) is 0 Å². The number of fused-ring (bicyclic) bond motifs is 2. The minimum absolute atomic E-state index is 0.0831. The monoisotopic (exact) mass is 417 g/mol. The lowest BCUT2D eigenvalue weighted by atomic mass is 9.92. The Labute approximate surface area is 168 Å². The minimum atomic E-state index is -3.91. The van der Waals surface area contributed by atoms with Gasteiger partial charge in [0, 0.05) is 0 Å². The molecule has 2 aromatic rings. The third-order valence-electron chi connectivity index (χ3n) is 6.28. The maximum atomic E-state index is 12.7. The van der Waals surface area contributed by atoms with Crippen molar-refractivity contribution >= 4 is 27.3 Å². The summed E-state index contributed by atoms with van der Waals surface area (Å²) in [5, 5.41) is 11.8. The highest BCUT2D eigenvalue weighted by Gasteiger charge is 2.43. The van der Waals surface area contributed by atoms with Crippen molar-refractivity contribution in [3.05, 3.63) is 50.9 Å². The molecule has 7 heteroatoms. The molecule has 1 heterocycles. The fraction of sp³-hybridized carbons (Fsp3) is 0.476. The number of rotatable bonds is 5. The Balaban J connectivity index is 1.38. The van der Waals surface area contributed by atoms with Crippen molar-refractivity contribution < 1.29 is 18.3 Å². The predicted octanol–water partition coefficient (Wildman–Crippen LogP) is 2.75. The van der Waals surface area contributed by atoms with Gasteiger partial charge >= 0.3 is 0 Å². The van der Waals surface area contributed by atoms with Crippen LogP contribution in [0.4, 0.5) is 0 Å². The zero-order valence-electron chi connectivity index (χ0n) is 15.6. The van der Waals surface area contributed by atoms with E-state index in [-0.39, 0.29) is 10.6 Å². The largest absolute Gasteiger partial charge is 0.385 e. The smallest absolute Gasteiger partial charge is 0.273 e. The third kappa shape index (κ3) is 3.09. The van der Waals surface area contributed by atoms with Crippen LogP contribution in [0.1, 0.15) is 59.1 Å². The summed E-state index contributed by atoms with van der Waals surface area (Å²) in [5.74, 6) is -0.477. The van der Waals surface area contributed by atoms with E-state index in [0.29, 0.717) is 18.4 Å². The van der Waals surface area contributed by atoms with E-state index in [0.717, 1.165) is 55.4 Å². The molecule has 0 spiro atoms. The fourth-order valence-corrected chi connectivity index (χ4v) is 6.91. The van der Waals surface area contributed by atoms with Crippen LogP contribution in [0.5, 0.6) is 0 Å². The number of hydrogen-bond donors (Lipinski definition) is 2. The Morgan fingerprint density at radius 3 is 2.32 bits per heavy atom. The molecule has 28 heavy (non-hydrogen) atoms.